The van der Waals surface area contributed by atoms with Gasteiger partial charge in [0.15, 0.2) is 0 Å². The van der Waals surface area contributed by atoms with Crippen LogP contribution in [0, 0.1) is 11.3 Å². The molecule has 0 atom stereocenters. The number of aryl methyl sites for hydroxylation is 1. The van der Waals surface area contributed by atoms with E-state index >= 15 is 0 Å². The number of rotatable bonds is 9. The summed E-state index contributed by atoms with van der Waals surface area (Å²) in [7, 11) is 0. The second-order valence-corrected chi connectivity index (χ2v) is 9.28. The molecule has 0 unspecified atom stereocenters. The molecule has 3 aromatic carbocycles. The third-order valence-electron chi connectivity index (χ3n) is 5.32. The maximum atomic E-state index is 12.8. The Morgan fingerprint density at radius 1 is 1.11 bits per heavy atom. The molecule has 5 nitrogen and oxygen atoms in total. The van der Waals surface area contributed by atoms with Crippen molar-refractivity contribution in [3.63, 3.8) is 0 Å². The van der Waals surface area contributed by atoms with Crippen LogP contribution in [-0.4, -0.2) is 22.8 Å². The summed E-state index contributed by atoms with van der Waals surface area (Å²) in [5, 5.41) is 14.2. The molecule has 0 fully saturated rings. The first-order valence-electron chi connectivity index (χ1n) is 11.2. The van der Waals surface area contributed by atoms with Crippen molar-refractivity contribution < 1.29 is 9.53 Å². The number of fused-ring (bicyclic) bond motifs is 1. The van der Waals surface area contributed by atoms with Gasteiger partial charge in [-0.05, 0) is 67.6 Å². The molecule has 0 spiro atoms. The molecule has 7 heteroatoms. The van der Waals surface area contributed by atoms with E-state index < -0.39 is 5.91 Å². The molecule has 0 radical (unpaired) electrons. The Morgan fingerprint density at radius 3 is 2.57 bits per heavy atom. The van der Waals surface area contributed by atoms with Gasteiger partial charge in [-0.2, -0.15) is 5.26 Å². The van der Waals surface area contributed by atoms with Gasteiger partial charge >= 0.3 is 0 Å². The molecule has 0 aliphatic heterocycles. The molecule has 0 aliphatic rings. The van der Waals surface area contributed by atoms with E-state index in [9.17, 15) is 10.1 Å². The third kappa shape index (κ3) is 6.27. The Kier molecular flexibility index (Phi) is 8.15. The van der Waals surface area contributed by atoms with Crippen molar-refractivity contribution in [1.29, 1.82) is 5.26 Å². The highest BCUT2D eigenvalue weighted by Crippen LogP contribution is 2.26. The average molecular weight is 502 g/mol. The van der Waals surface area contributed by atoms with E-state index in [0.717, 1.165) is 44.4 Å². The second-order valence-electron chi connectivity index (χ2n) is 7.68. The highest BCUT2D eigenvalue weighted by atomic mass is 35.5. The minimum atomic E-state index is -0.452. The van der Waals surface area contributed by atoms with Crippen molar-refractivity contribution in [2.45, 2.75) is 18.4 Å². The first-order chi connectivity index (χ1) is 17.1. The molecule has 4 aromatic rings. The smallest absolute Gasteiger partial charge is 0.266 e. The molecular weight excluding hydrogens is 478 g/mol. The first-order valence-corrected chi connectivity index (χ1v) is 12.6. The van der Waals surface area contributed by atoms with Gasteiger partial charge in [0, 0.05) is 50.6 Å². The molecule has 1 N–H and O–H groups in total. The summed E-state index contributed by atoms with van der Waals surface area (Å²) in [4.78, 5) is 14.0. The predicted octanol–water partition coefficient (Wildman–Crippen LogP) is 7.03. The zero-order chi connectivity index (χ0) is 24.6. The van der Waals surface area contributed by atoms with Crippen LogP contribution in [0.4, 0.5) is 5.69 Å². The van der Waals surface area contributed by atoms with E-state index in [1.807, 2.05) is 67.7 Å². The quantitative estimate of drug-likeness (QED) is 0.152. The van der Waals surface area contributed by atoms with E-state index in [-0.39, 0.29) is 5.57 Å². The van der Waals surface area contributed by atoms with Gasteiger partial charge in [0.2, 0.25) is 0 Å². The number of benzene rings is 3. The highest BCUT2D eigenvalue weighted by molar-refractivity contribution is 7.99. The molecule has 0 bridgehead atoms. The monoisotopic (exact) mass is 501 g/mol. The van der Waals surface area contributed by atoms with E-state index in [2.05, 4.69) is 9.88 Å². The minimum Gasteiger partial charge on any atom is -0.494 e. The zero-order valence-electron chi connectivity index (χ0n) is 19.2. The van der Waals surface area contributed by atoms with Crippen LogP contribution in [0.1, 0.15) is 12.5 Å². The molecule has 0 saturated heterocycles. The van der Waals surface area contributed by atoms with Crippen LogP contribution < -0.4 is 10.1 Å². The molecule has 4 rings (SSSR count). The topological polar surface area (TPSA) is 67.0 Å². The van der Waals surface area contributed by atoms with Crippen LogP contribution in [0.3, 0.4) is 0 Å². The van der Waals surface area contributed by atoms with Gasteiger partial charge in [-0.1, -0.05) is 29.8 Å². The number of carbonyl (C=O) groups is 1. The second kappa shape index (κ2) is 11.7. The largest absolute Gasteiger partial charge is 0.494 e. The lowest BCUT2D eigenvalue weighted by Crippen LogP contribution is -2.13. The van der Waals surface area contributed by atoms with E-state index in [4.69, 9.17) is 16.3 Å². The molecule has 1 aromatic heterocycles. The highest BCUT2D eigenvalue weighted by Gasteiger charge is 2.13. The van der Waals surface area contributed by atoms with Crippen molar-refractivity contribution >= 4 is 51.9 Å². The van der Waals surface area contributed by atoms with Crippen LogP contribution >= 0.6 is 23.4 Å². The Bertz CT molecular complexity index is 1390. The van der Waals surface area contributed by atoms with Crippen LogP contribution in [0.25, 0.3) is 17.0 Å². The molecule has 176 valence electrons. The van der Waals surface area contributed by atoms with Gasteiger partial charge in [0.1, 0.15) is 17.4 Å². The van der Waals surface area contributed by atoms with E-state index in [1.54, 1.807) is 42.1 Å². The van der Waals surface area contributed by atoms with Crippen LogP contribution in [-0.2, 0) is 11.3 Å². The lowest BCUT2D eigenvalue weighted by Gasteiger charge is -2.06. The van der Waals surface area contributed by atoms with Crippen molar-refractivity contribution in [2.24, 2.45) is 0 Å². The van der Waals surface area contributed by atoms with Gasteiger partial charge in [0.05, 0.1) is 6.61 Å². The number of nitrogens with one attached hydrogen (secondary N) is 1. The number of carbonyl (C=O) groups excluding carboxylic acids is 1. The molecular formula is C28H24ClN3O2S. The van der Waals surface area contributed by atoms with Crippen molar-refractivity contribution in [3.8, 4) is 11.8 Å². The molecule has 1 amide bonds. The van der Waals surface area contributed by atoms with Gasteiger partial charge in [-0.3, -0.25) is 4.79 Å². The summed E-state index contributed by atoms with van der Waals surface area (Å²) in [6.45, 7) is 3.26. The SMILES string of the molecule is CCOc1ccc(NC(=O)/C(C#N)=C\c2cn(CCSc3ccc(Cl)cc3)c3ccccc23)cc1. The van der Waals surface area contributed by atoms with Gasteiger partial charge in [0.25, 0.3) is 5.91 Å². The fourth-order valence-electron chi connectivity index (χ4n) is 3.67. The summed E-state index contributed by atoms with van der Waals surface area (Å²) < 4.78 is 7.59. The lowest BCUT2D eigenvalue weighted by atomic mass is 10.1. The number of ether oxygens (including phenoxy) is 1. The van der Waals surface area contributed by atoms with Crippen LogP contribution in [0.2, 0.25) is 5.02 Å². The van der Waals surface area contributed by atoms with E-state index in [1.165, 1.54) is 0 Å². The molecule has 35 heavy (non-hydrogen) atoms. The standard InChI is InChI=1S/C28H24ClN3O2S/c1-2-34-24-11-9-23(10-12-24)31-28(33)20(18-30)17-21-19-32(27-6-4-3-5-26(21)27)15-16-35-25-13-7-22(29)8-14-25/h3-14,17,19H,2,15-16H2,1H3,(H,31,33)/b20-17-. The fourth-order valence-corrected chi connectivity index (χ4v) is 4.65. The fraction of sp³-hybridized carbons (Fsp3) is 0.143. The zero-order valence-corrected chi connectivity index (χ0v) is 20.8. The molecule has 0 aliphatic carbocycles. The minimum absolute atomic E-state index is 0.0392. The lowest BCUT2D eigenvalue weighted by molar-refractivity contribution is -0.112. The Morgan fingerprint density at radius 2 is 1.86 bits per heavy atom. The number of halogens is 1. The normalized spacial score (nSPS) is 11.3. The number of nitrogens with zero attached hydrogens (tertiary/aromatic N) is 2. The maximum Gasteiger partial charge on any atom is 0.266 e. The molecule has 1 heterocycles. The Labute approximate surface area is 214 Å². The summed E-state index contributed by atoms with van der Waals surface area (Å²) >= 11 is 7.72. The number of para-hydroxylation sites is 1. The Hall–Kier alpha value is -3.66. The van der Waals surface area contributed by atoms with Crippen molar-refractivity contribution in [1.82, 2.24) is 4.57 Å². The first kappa shape index (κ1) is 24.5. The number of nitriles is 1. The summed E-state index contributed by atoms with van der Waals surface area (Å²) in [5.74, 6) is 1.14. The van der Waals surface area contributed by atoms with Crippen LogP contribution in [0.15, 0.2) is 89.5 Å². The number of hydrogen-bond acceptors (Lipinski definition) is 4. The van der Waals surface area contributed by atoms with Gasteiger partial charge in [-0.25, -0.2) is 0 Å². The van der Waals surface area contributed by atoms with Crippen molar-refractivity contribution in [3.05, 3.63) is 95.2 Å². The molecule has 0 saturated carbocycles. The van der Waals surface area contributed by atoms with Crippen molar-refractivity contribution in [2.75, 3.05) is 17.7 Å². The summed E-state index contributed by atoms with van der Waals surface area (Å²) in [5.41, 5.74) is 2.52. The summed E-state index contributed by atoms with van der Waals surface area (Å²) in [6.07, 6.45) is 3.64. The summed E-state index contributed by atoms with van der Waals surface area (Å²) in [6, 6.07) is 24.9. The third-order valence-corrected chi connectivity index (χ3v) is 6.57. The van der Waals surface area contributed by atoms with Gasteiger partial charge in [-0.15, -0.1) is 11.8 Å². The maximum absolute atomic E-state index is 12.8. The number of aromatic nitrogens is 1. The van der Waals surface area contributed by atoms with Gasteiger partial charge < -0.3 is 14.6 Å². The average Bonchev–Trinajstić information content (AvgIpc) is 3.22. The number of hydrogen-bond donors (Lipinski definition) is 1. The van der Waals surface area contributed by atoms with Crippen LogP contribution in [0.5, 0.6) is 5.75 Å². The Balaban J connectivity index is 1.51. The van der Waals surface area contributed by atoms with E-state index in [0.29, 0.717) is 12.3 Å². The number of anilines is 1. The predicted molar refractivity (Wildman–Crippen MR) is 144 cm³/mol. The number of amides is 1. The number of thioether (sulfide) groups is 1.